The third-order valence-electron chi connectivity index (χ3n) is 2.50. The lowest BCUT2D eigenvalue weighted by Gasteiger charge is -2.19. The van der Waals surface area contributed by atoms with Gasteiger partial charge in [0.15, 0.2) is 0 Å². The molecule has 0 aromatic heterocycles. The molecule has 1 aromatic rings. The van der Waals surface area contributed by atoms with Crippen LogP contribution in [0.3, 0.4) is 0 Å². The van der Waals surface area contributed by atoms with Crippen LogP contribution < -0.4 is 5.32 Å². The number of benzene rings is 1. The molecule has 0 saturated heterocycles. The average Bonchev–Trinajstić information content (AvgIpc) is 2.33. The molecule has 0 saturated carbocycles. The largest absolute Gasteiger partial charge is 0.379 e. The molecule has 0 heterocycles. The number of hydrogen-bond acceptors (Lipinski definition) is 2. The highest BCUT2D eigenvalue weighted by molar-refractivity contribution is 6.30. The second-order valence-corrected chi connectivity index (χ2v) is 4.38. The predicted molar refractivity (Wildman–Crippen MR) is 68.9 cm³/mol. The van der Waals surface area contributed by atoms with Gasteiger partial charge in [-0.2, -0.15) is 0 Å². The Hall–Kier alpha value is -0.710. The summed E-state index contributed by atoms with van der Waals surface area (Å²) in [5.41, 5.74) is 0.245. The van der Waals surface area contributed by atoms with Crippen molar-refractivity contribution < 1.29 is 13.5 Å². The maximum absolute atomic E-state index is 13.8. The van der Waals surface area contributed by atoms with Crippen LogP contribution in [-0.2, 0) is 4.74 Å². The van der Waals surface area contributed by atoms with Crippen molar-refractivity contribution in [1.82, 2.24) is 5.32 Å². The Morgan fingerprint density at radius 2 is 2.00 bits per heavy atom. The van der Waals surface area contributed by atoms with Gasteiger partial charge in [0.1, 0.15) is 11.6 Å². The lowest BCUT2D eigenvalue weighted by Crippen LogP contribution is -2.26. The first-order valence-electron chi connectivity index (χ1n) is 6.05. The zero-order chi connectivity index (χ0) is 13.5. The van der Waals surface area contributed by atoms with Gasteiger partial charge >= 0.3 is 0 Å². The number of hydrogen-bond donors (Lipinski definition) is 1. The van der Waals surface area contributed by atoms with E-state index in [9.17, 15) is 8.78 Å². The summed E-state index contributed by atoms with van der Waals surface area (Å²) in [6, 6.07) is 1.75. The zero-order valence-electron chi connectivity index (χ0n) is 10.6. The Kier molecular flexibility index (Phi) is 6.54. The summed E-state index contributed by atoms with van der Waals surface area (Å²) in [6.45, 7) is 5.44. The van der Waals surface area contributed by atoms with Crippen LogP contribution in [0.15, 0.2) is 12.1 Å². The Labute approximate surface area is 111 Å². The Balaban J connectivity index is 2.87. The fraction of sp³-hybridized carbons (Fsp3) is 0.538. The van der Waals surface area contributed by atoms with Gasteiger partial charge in [-0.1, -0.05) is 25.4 Å². The van der Waals surface area contributed by atoms with Gasteiger partial charge in [-0.05, 0) is 25.1 Å². The summed E-state index contributed by atoms with van der Waals surface area (Å²) in [6.07, 6.45) is 0.885. The molecule has 0 fully saturated rings. The maximum atomic E-state index is 13.8. The third-order valence-corrected chi connectivity index (χ3v) is 2.79. The highest BCUT2D eigenvalue weighted by Gasteiger charge is 2.17. The van der Waals surface area contributed by atoms with Gasteiger partial charge in [0, 0.05) is 12.2 Å². The van der Waals surface area contributed by atoms with Crippen molar-refractivity contribution in [3.63, 3.8) is 0 Å². The van der Waals surface area contributed by atoms with E-state index in [2.05, 4.69) is 5.32 Å². The van der Waals surface area contributed by atoms with E-state index >= 15 is 0 Å². The van der Waals surface area contributed by atoms with Gasteiger partial charge in [-0.3, -0.25) is 0 Å². The molecule has 0 spiro atoms. The fourth-order valence-corrected chi connectivity index (χ4v) is 1.81. The fourth-order valence-electron chi connectivity index (χ4n) is 1.66. The molecule has 1 aromatic carbocycles. The predicted octanol–water partition coefficient (Wildman–Crippen LogP) is 3.70. The van der Waals surface area contributed by atoms with Crippen molar-refractivity contribution in [2.75, 3.05) is 19.8 Å². The Morgan fingerprint density at radius 3 is 2.61 bits per heavy atom. The van der Waals surface area contributed by atoms with Gasteiger partial charge in [-0.15, -0.1) is 0 Å². The molecule has 1 unspecified atom stereocenters. The van der Waals surface area contributed by atoms with Crippen molar-refractivity contribution in [2.45, 2.75) is 26.3 Å². The highest BCUT2D eigenvalue weighted by Crippen LogP contribution is 2.24. The smallest absolute Gasteiger partial charge is 0.142 e. The number of ether oxygens (including phenoxy) is 1. The minimum Gasteiger partial charge on any atom is -0.379 e. The van der Waals surface area contributed by atoms with E-state index in [0.717, 1.165) is 18.6 Å². The first-order chi connectivity index (χ1) is 8.60. The minimum absolute atomic E-state index is 0.207. The van der Waals surface area contributed by atoms with Crippen LogP contribution in [0.5, 0.6) is 0 Å². The lowest BCUT2D eigenvalue weighted by atomic mass is 10.1. The second kappa shape index (κ2) is 7.67. The van der Waals surface area contributed by atoms with Crippen LogP contribution in [0.2, 0.25) is 5.02 Å². The van der Waals surface area contributed by atoms with E-state index in [-0.39, 0.29) is 16.6 Å². The summed E-state index contributed by atoms with van der Waals surface area (Å²) < 4.78 is 32.5. The first kappa shape index (κ1) is 15.3. The molecule has 0 aliphatic rings. The van der Waals surface area contributed by atoms with E-state index in [1.165, 1.54) is 0 Å². The highest BCUT2D eigenvalue weighted by atomic mass is 35.5. The SMILES string of the molecule is CCCOCC(NCC)c1cc(F)c(Cl)cc1F. The van der Waals surface area contributed by atoms with E-state index in [0.29, 0.717) is 19.8 Å². The Bertz CT molecular complexity index is 387. The van der Waals surface area contributed by atoms with Crippen molar-refractivity contribution in [3.05, 3.63) is 34.4 Å². The number of halogens is 3. The molecule has 0 radical (unpaired) electrons. The summed E-state index contributed by atoms with van der Waals surface area (Å²) in [5.74, 6) is -1.14. The van der Waals surface area contributed by atoms with Crippen molar-refractivity contribution >= 4 is 11.6 Å². The molecule has 102 valence electrons. The van der Waals surface area contributed by atoms with Crippen LogP contribution in [-0.4, -0.2) is 19.8 Å². The van der Waals surface area contributed by atoms with Gasteiger partial charge in [0.25, 0.3) is 0 Å². The van der Waals surface area contributed by atoms with Gasteiger partial charge in [0.2, 0.25) is 0 Å². The van der Waals surface area contributed by atoms with Crippen LogP contribution in [0.25, 0.3) is 0 Å². The van der Waals surface area contributed by atoms with Gasteiger partial charge < -0.3 is 10.1 Å². The normalized spacial score (nSPS) is 12.7. The third kappa shape index (κ3) is 4.19. The first-order valence-corrected chi connectivity index (χ1v) is 6.43. The zero-order valence-corrected chi connectivity index (χ0v) is 11.4. The van der Waals surface area contributed by atoms with Crippen LogP contribution in [0, 0.1) is 11.6 Å². The van der Waals surface area contributed by atoms with Crippen LogP contribution >= 0.6 is 11.6 Å². The summed E-state index contributed by atoms with van der Waals surface area (Å²) in [5, 5.41) is 2.86. The van der Waals surface area contributed by atoms with E-state index in [4.69, 9.17) is 16.3 Å². The van der Waals surface area contributed by atoms with Crippen LogP contribution in [0.1, 0.15) is 31.9 Å². The average molecular weight is 278 g/mol. The standard InChI is InChI=1S/C13H18ClF2NO/c1-3-5-18-8-13(17-4-2)9-6-12(16)10(14)7-11(9)15/h6-7,13,17H,3-5,8H2,1-2H3. The molecule has 1 rings (SSSR count). The van der Waals surface area contributed by atoms with Crippen LogP contribution in [0.4, 0.5) is 8.78 Å². The number of nitrogens with one attached hydrogen (secondary N) is 1. The minimum atomic E-state index is -0.619. The van der Waals surface area contributed by atoms with E-state index in [1.807, 2.05) is 13.8 Å². The van der Waals surface area contributed by atoms with E-state index in [1.54, 1.807) is 0 Å². The molecule has 1 atom stereocenters. The quantitative estimate of drug-likeness (QED) is 0.606. The molecule has 2 nitrogen and oxygen atoms in total. The van der Waals surface area contributed by atoms with Gasteiger partial charge in [-0.25, -0.2) is 8.78 Å². The molecule has 0 amide bonds. The number of rotatable bonds is 7. The van der Waals surface area contributed by atoms with Crippen molar-refractivity contribution in [3.8, 4) is 0 Å². The van der Waals surface area contributed by atoms with Crippen molar-refractivity contribution in [1.29, 1.82) is 0 Å². The molecular formula is C13H18ClF2NO. The molecule has 5 heteroatoms. The summed E-state index contributed by atoms with van der Waals surface area (Å²) in [7, 11) is 0. The maximum Gasteiger partial charge on any atom is 0.142 e. The summed E-state index contributed by atoms with van der Waals surface area (Å²) >= 11 is 5.53. The monoisotopic (exact) mass is 277 g/mol. The Morgan fingerprint density at radius 1 is 1.28 bits per heavy atom. The summed E-state index contributed by atoms with van der Waals surface area (Å²) in [4.78, 5) is 0. The lowest BCUT2D eigenvalue weighted by molar-refractivity contribution is 0.111. The number of likely N-dealkylation sites (N-methyl/N-ethyl adjacent to an activating group) is 1. The molecule has 0 aliphatic heterocycles. The van der Waals surface area contributed by atoms with E-state index < -0.39 is 11.6 Å². The molecule has 0 aliphatic carbocycles. The molecule has 18 heavy (non-hydrogen) atoms. The molecular weight excluding hydrogens is 260 g/mol. The van der Waals surface area contributed by atoms with Gasteiger partial charge in [0.05, 0.1) is 17.7 Å². The topological polar surface area (TPSA) is 21.3 Å². The second-order valence-electron chi connectivity index (χ2n) is 3.97. The van der Waals surface area contributed by atoms with Crippen molar-refractivity contribution in [2.24, 2.45) is 0 Å². The molecule has 0 bridgehead atoms. The molecule has 1 N–H and O–H groups in total.